The molecule has 0 aliphatic heterocycles. The Balaban J connectivity index is 1.92. The molecule has 2 rings (SSSR count). The van der Waals surface area contributed by atoms with Crippen molar-refractivity contribution in [2.24, 2.45) is 0 Å². The molecule has 1 N–H and O–H groups in total. The molecule has 1 aromatic heterocycles. The molecule has 4 heteroatoms. The predicted molar refractivity (Wildman–Crippen MR) is 88.0 cm³/mol. The molecule has 0 fully saturated rings. The highest BCUT2D eigenvalue weighted by atomic mass is 32.2. The fraction of sp³-hybridized carbons (Fsp3) is 0.412. The standard InChI is InChI=1S/C17H23NO2S/c1-12(2)18-10-14-9-16(20-13(14)3)11-19-15-5-7-17(21-4)8-6-15/h5-9,12,18H,10-11H2,1-4H3. The molecule has 0 radical (unpaired) electrons. The summed E-state index contributed by atoms with van der Waals surface area (Å²) in [5.74, 6) is 2.69. The third-order valence-corrected chi connectivity index (χ3v) is 3.96. The Hall–Kier alpha value is -1.39. The molecule has 21 heavy (non-hydrogen) atoms. The van der Waals surface area contributed by atoms with Crippen molar-refractivity contribution in [1.29, 1.82) is 0 Å². The van der Waals surface area contributed by atoms with Crippen LogP contribution in [0.5, 0.6) is 5.75 Å². The van der Waals surface area contributed by atoms with Crippen LogP contribution in [0.25, 0.3) is 0 Å². The normalized spacial score (nSPS) is 11.1. The Morgan fingerprint density at radius 1 is 1.24 bits per heavy atom. The number of ether oxygens (including phenoxy) is 1. The van der Waals surface area contributed by atoms with Crippen molar-refractivity contribution in [3.8, 4) is 5.75 Å². The molecular formula is C17H23NO2S. The van der Waals surface area contributed by atoms with E-state index in [2.05, 4.69) is 43.6 Å². The molecule has 1 aromatic carbocycles. The van der Waals surface area contributed by atoms with Gasteiger partial charge in [-0.2, -0.15) is 0 Å². The quantitative estimate of drug-likeness (QED) is 0.770. The number of nitrogens with one attached hydrogen (secondary N) is 1. The molecule has 2 aromatic rings. The summed E-state index contributed by atoms with van der Waals surface area (Å²) in [6.07, 6.45) is 2.06. The Morgan fingerprint density at radius 3 is 2.57 bits per heavy atom. The van der Waals surface area contributed by atoms with Crippen LogP contribution in [0.1, 0.15) is 30.9 Å². The van der Waals surface area contributed by atoms with Gasteiger partial charge in [-0.25, -0.2) is 0 Å². The van der Waals surface area contributed by atoms with Crippen molar-refractivity contribution in [3.63, 3.8) is 0 Å². The number of rotatable bonds is 7. The first kappa shape index (κ1) is 16.0. The maximum Gasteiger partial charge on any atom is 0.146 e. The smallest absolute Gasteiger partial charge is 0.146 e. The molecule has 1 heterocycles. The second-order valence-corrected chi connectivity index (χ2v) is 6.17. The summed E-state index contributed by atoms with van der Waals surface area (Å²) in [5, 5.41) is 3.40. The van der Waals surface area contributed by atoms with E-state index in [0.29, 0.717) is 12.6 Å². The molecule has 0 bridgehead atoms. The van der Waals surface area contributed by atoms with Gasteiger partial charge in [0, 0.05) is 23.0 Å². The van der Waals surface area contributed by atoms with Crippen LogP contribution in [0, 0.1) is 6.92 Å². The first-order chi connectivity index (χ1) is 10.1. The van der Waals surface area contributed by atoms with Crippen molar-refractivity contribution in [1.82, 2.24) is 5.32 Å². The van der Waals surface area contributed by atoms with E-state index < -0.39 is 0 Å². The minimum Gasteiger partial charge on any atom is -0.486 e. The molecule has 0 aliphatic carbocycles. The number of hydrogen-bond acceptors (Lipinski definition) is 4. The van der Waals surface area contributed by atoms with Crippen LogP contribution >= 0.6 is 11.8 Å². The van der Waals surface area contributed by atoms with Crippen LogP contribution in [0.4, 0.5) is 0 Å². The van der Waals surface area contributed by atoms with Gasteiger partial charge >= 0.3 is 0 Å². The highest BCUT2D eigenvalue weighted by Crippen LogP contribution is 2.21. The summed E-state index contributed by atoms with van der Waals surface area (Å²) in [4.78, 5) is 1.23. The number of benzene rings is 1. The largest absolute Gasteiger partial charge is 0.486 e. The highest BCUT2D eigenvalue weighted by Gasteiger charge is 2.08. The molecule has 0 unspecified atom stereocenters. The topological polar surface area (TPSA) is 34.4 Å². The zero-order valence-electron chi connectivity index (χ0n) is 13.1. The van der Waals surface area contributed by atoms with Crippen LogP contribution in [0.15, 0.2) is 39.6 Å². The average molecular weight is 305 g/mol. The van der Waals surface area contributed by atoms with Crippen molar-refractivity contribution in [3.05, 3.63) is 47.4 Å². The van der Waals surface area contributed by atoms with Gasteiger partial charge in [0.2, 0.25) is 0 Å². The zero-order valence-corrected chi connectivity index (χ0v) is 13.9. The van der Waals surface area contributed by atoms with E-state index in [9.17, 15) is 0 Å². The third-order valence-electron chi connectivity index (χ3n) is 3.21. The molecule has 3 nitrogen and oxygen atoms in total. The van der Waals surface area contributed by atoms with E-state index in [0.717, 1.165) is 23.8 Å². The fourth-order valence-corrected chi connectivity index (χ4v) is 2.38. The maximum absolute atomic E-state index is 5.76. The Labute approximate surface area is 131 Å². The lowest BCUT2D eigenvalue weighted by Gasteiger charge is -2.06. The van der Waals surface area contributed by atoms with Crippen LogP contribution < -0.4 is 10.1 Å². The van der Waals surface area contributed by atoms with Gasteiger partial charge in [0.15, 0.2) is 0 Å². The second kappa shape index (κ2) is 7.57. The van der Waals surface area contributed by atoms with E-state index in [1.807, 2.05) is 19.1 Å². The van der Waals surface area contributed by atoms with Crippen molar-refractivity contribution >= 4 is 11.8 Å². The molecule has 0 saturated heterocycles. The Kier molecular flexibility index (Phi) is 5.76. The Morgan fingerprint density at radius 2 is 1.95 bits per heavy atom. The van der Waals surface area contributed by atoms with Gasteiger partial charge in [0.1, 0.15) is 23.9 Å². The fourth-order valence-electron chi connectivity index (χ4n) is 1.97. The summed E-state index contributed by atoms with van der Waals surface area (Å²) >= 11 is 1.72. The first-order valence-electron chi connectivity index (χ1n) is 7.17. The summed E-state index contributed by atoms with van der Waals surface area (Å²) in [6.45, 7) is 7.56. The average Bonchev–Trinajstić information content (AvgIpc) is 2.84. The van der Waals surface area contributed by atoms with Gasteiger partial charge in [-0.1, -0.05) is 13.8 Å². The lowest BCUT2D eigenvalue weighted by Crippen LogP contribution is -2.21. The van der Waals surface area contributed by atoms with Gasteiger partial charge in [-0.3, -0.25) is 0 Å². The minimum atomic E-state index is 0.459. The van der Waals surface area contributed by atoms with E-state index in [1.165, 1.54) is 10.5 Å². The number of hydrogen-bond donors (Lipinski definition) is 1. The third kappa shape index (κ3) is 4.83. The van der Waals surface area contributed by atoms with Gasteiger partial charge in [0.05, 0.1) is 0 Å². The molecule has 0 aliphatic rings. The maximum atomic E-state index is 5.76. The summed E-state index contributed by atoms with van der Waals surface area (Å²) in [7, 11) is 0. The van der Waals surface area contributed by atoms with Crippen molar-refractivity contribution in [2.45, 2.75) is 44.9 Å². The lowest BCUT2D eigenvalue weighted by molar-refractivity contribution is 0.267. The molecule has 0 atom stereocenters. The van der Waals surface area contributed by atoms with E-state index in [4.69, 9.17) is 9.15 Å². The highest BCUT2D eigenvalue weighted by molar-refractivity contribution is 7.98. The first-order valence-corrected chi connectivity index (χ1v) is 8.39. The number of furan rings is 1. The molecule has 114 valence electrons. The monoisotopic (exact) mass is 305 g/mol. The molecule has 0 amide bonds. The summed E-state index contributed by atoms with van der Waals surface area (Å²) in [6, 6.07) is 10.6. The van der Waals surface area contributed by atoms with Crippen molar-refractivity contribution in [2.75, 3.05) is 6.26 Å². The van der Waals surface area contributed by atoms with Crippen LogP contribution in [0.2, 0.25) is 0 Å². The second-order valence-electron chi connectivity index (χ2n) is 5.29. The van der Waals surface area contributed by atoms with Gasteiger partial charge in [0.25, 0.3) is 0 Å². The van der Waals surface area contributed by atoms with E-state index in [-0.39, 0.29) is 0 Å². The zero-order chi connectivity index (χ0) is 15.2. The Bertz CT molecular complexity index is 561. The summed E-state index contributed by atoms with van der Waals surface area (Å²) < 4.78 is 11.5. The van der Waals surface area contributed by atoms with Gasteiger partial charge < -0.3 is 14.5 Å². The predicted octanol–water partition coefficient (Wildman–Crippen LogP) is 4.39. The van der Waals surface area contributed by atoms with E-state index >= 15 is 0 Å². The van der Waals surface area contributed by atoms with Crippen molar-refractivity contribution < 1.29 is 9.15 Å². The number of aryl methyl sites for hydroxylation is 1. The lowest BCUT2D eigenvalue weighted by atomic mass is 10.2. The van der Waals surface area contributed by atoms with E-state index in [1.54, 1.807) is 11.8 Å². The SMILES string of the molecule is CSc1ccc(OCc2cc(CNC(C)C)c(C)o2)cc1. The summed E-state index contributed by atoms with van der Waals surface area (Å²) in [5.41, 5.74) is 1.19. The molecule has 0 saturated carbocycles. The number of thioether (sulfide) groups is 1. The van der Waals surface area contributed by atoms with Crippen LogP contribution in [-0.2, 0) is 13.2 Å². The van der Waals surface area contributed by atoms with Gasteiger partial charge in [-0.15, -0.1) is 11.8 Å². The van der Waals surface area contributed by atoms with Crippen LogP contribution in [-0.4, -0.2) is 12.3 Å². The minimum absolute atomic E-state index is 0.459. The molecule has 0 spiro atoms. The van der Waals surface area contributed by atoms with Gasteiger partial charge in [-0.05, 0) is 43.5 Å². The van der Waals surface area contributed by atoms with Crippen LogP contribution in [0.3, 0.4) is 0 Å². The molecular weight excluding hydrogens is 282 g/mol.